The van der Waals surface area contributed by atoms with Crippen molar-refractivity contribution < 1.29 is 4.39 Å². The van der Waals surface area contributed by atoms with E-state index in [0.29, 0.717) is 25.6 Å². The van der Waals surface area contributed by atoms with E-state index in [4.69, 9.17) is 4.99 Å². The monoisotopic (exact) mass is 534 g/mol. The molecule has 0 spiro atoms. The quantitative estimate of drug-likeness (QED) is 0.275. The van der Waals surface area contributed by atoms with E-state index >= 15 is 0 Å². The highest BCUT2D eigenvalue weighted by Crippen LogP contribution is 2.47. The lowest BCUT2D eigenvalue weighted by Gasteiger charge is -2.19. The molecule has 1 fully saturated rings. The molecule has 8 heteroatoms. The number of rotatable bonds is 7. The smallest absolute Gasteiger partial charge is 0.192 e. The Kier molecular flexibility index (Phi) is 7.64. The highest BCUT2D eigenvalue weighted by molar-refractivity contribution is 14.0. The largest absolute Gasteiger partial charge is 0.355 e. The van der Waals surface area contributed by atoms with Crippen molar-refractivity contribution in [2.45, 2.75) is 38.3 Å². The zero-order valence-corrected chi connectivity index (χ0v) is 20.1. The zero-order chi connectivity index (χ0) is 21.0. The SMILES string of the molecule is Cc1nnc(CNC(=NCc2ccccc2)NCC2(c3cccc(F)c3)CC2)n1C.I. The molecule has 1 saturated carbocycles. The summed E-state index contributed by atoms with van der Waals surface area (Å²) in [7, 11) is 1.95. The van der Waals surface area contributed by atoms with Crippen molar-refractivity contribution in [3.05, 3.63) is 83.2 Å². The summed E-state index contributed by atoms with van der Waals surface area (Å²) in [6.07, 6.45) is 2.08. The Balaban J connectivity index is 0.00000272. The van der Waals surface area contributed by atoms with Gasteiger partial charge in [0.2, 0.25) is 0 Å². The Morgan fingerprint density at radius 2 is 1.87 bits per heavy atom. The second kappa shape index (κ2) is 10.2. The minimum Gasteiger partial charge on any atom is -0.355 e. The van der Waals surface area contributed by atoms with Crippen LogP contribution < -0.4 is 10.6 Å². The van der Waals surface area contributed by atoms with Gasteiger partial charge in [0.05, 0.1) is 13.1 Å². The van der Waals surface area contributed by atoms with E-state index in [-0.39, 0.29) is 35.2 Å². The second-order valence-corrected chi connectivity index (χ2v) is 7.87. The van der Waals surface area contributed by atoms with Crippen molar-refractivity contribution in [3.8, 4) is 0 Å². The molecule has 0 radical (unpaired) electrons. The van der Waals surface area contributed by atoms with E-state index < -0.39 is 0 Å². The Morgan fingerprint density at radius 3 is 2.52 bits per heavy atom. The third-order valence-electron chi connectivity index (χ3n) is 5.74. The van der Waals surface area contributed by atoms with Crippen LogP contribution in [0.15, 0.2) is 59.6 Å². The van der Waals surface area contributed by atoms with E-state index in [9.17, 15) is 4.39 Å². The van der Waals surface area contributed by atoms with E-state index in [2.05, 4.69) is 33.0 Å². The van der Waals surface area contributed by atoms with Crippen LogP contribution in [0.4, 0.5) is 4.39 Å². The lowest BCUT2D eigenvalue weighted by molar-refractivity contribution is 0.605. The maximum absolute atomic E-state index is 13.7. The number of nitrogens with zero attached hydrogens (tertiary/aromatic N) is 4. The summed E-state index contributed by atoms with van der Waals surface area (Å²) in [6.45, 7) is 3.72. The van der Waals surface area contributed by atoms with Crippen molar-refractivity contribution in [1.82, 2.24) is 25.4 Å². The minimum atomic E-state index is -0.187. The van der Waals surface area contributed by atoms with Gasteiger partial charge in [-0.15, -0.1) is 34.2 Å². The van der Waals surface area contributed by atoms with Crippen molar-refractivity contribution in [2.24, 2.45) is 12.0 Å². The van der Waals surface area contributed by atoms with Crippen LogP contribution in [0.2, 0.25) is 0 Å². The number of halogens is 2. The van der Waals surface area contributed by atoms with Crippen LogP contribution >= 0.6 is 24.0 Å². The molecule has 0 unspecified atom stereocenters. The van der Waals surface area contributed by atoms with Gasteiger partial charge in [0.25, 0.3) is 0 Å². The summed E-state index contributed by atoms with van der Waals surface area (Å²) in [5.74, 6) is 2.23. The molecule has 3 aromatic rings. The summed E-state index contributed by atoms with van der Waals surface area (Å²) in [5.41, 5.74) is 2.15. The van der Waals surface area contributed by atoms with Gasteiger partial charge in [-0.3, -0.25) is 0 Å². The molecule has 31 heavy (non-hydrogen) atoms. The van der Waals surface area contributed by atoms with Gasteiger partial charge in [0.15, 0.2) is 11.8 Å². The first-order chi connectivity index (χ1) is 14.6. The first-order valence-electron chi connectivity index (χ1n) is 10.2. The van der Waals surface area contributed by atoms with Crippen LogP contribution in [0.1, 0.15) is 35.6 Å². The molecule has 2 N–H and O–H groups in total. The standard InChI is InChI=1S/C23H27FN6.HI/c1-17-28-29-21(30(17)2)15-26-22(25-14-18-7-4-3-5-8-18)27-16-23(11-12-23)19-9-6-10-20(24)13-19;/h3-10,13H,11-12,14-16H2,1-2H3,(H2,25,26,27);1H. The van der Waals surface area contributed by atoms with E-state index in [1.54, 1.807) is 12.1 Å². The summed E-state index contributed by atoms with van der Waals surface area (Å²) in [4.78, 5) is 4.75. The summed E-state index contributed by atoms with van der Waals surface area (Å²) >= 11 is 0. The molecule has 0 aliphatic heterocycles. The molecule has 0 amide bonds. The van der Waals surface area contributed by atoms with Crippen LogP contribution in [0.3, 0.4) is 0 Å². The molecule has 0 bridgehead atoms. The molecule has 0 atom stereocenters. The fraction of sp³-hybridized carbons (Fsp3) is 0.348. The Labute approximate surface area is 199 Å². The van der Waals surface area contributed by atoms with Gasteiger partial charge in [-0.25, -0.2) is 9.38 Å². The van der Waals surface area contributed by atoms with Crippen LogP contribution in [-0.2, 0) is 25.6 Å². The molecule has 1 aromatic heterocycles. The molecule has 164 valence electrons. The summed E-state index contributed by atoms with van der Waals surface area (Å²) in [6, 6.07) is 17.1. The normalized spacial score (nSPS) is 14.6. The third-order valence-corrected chi connectivity index (χ3v) is 5.74. The average molecular weight is 534 g/mol. The molecule has 1 heterocycles. The minimum absolute atomic E-state index is 0. The number of aliphatic imine (C=N–C) groups is 1. The van der Waals surface area contributed by atoms with E-state index in [1.165, 1.54) is 6.07 Å². The first-order valence-corrected chi connectivity index (χ1v) is 10.2. The number of benzene rings is 2. The molecular weight excluding hydrogens is 506 g/mol. The third kappa shape index (κ3) is 5.81. The second-order valence-electron chi connectivity index (χ2n) is 7.87. The predicted octanol–water partition coefficient (Wildman–Crippen LogP) is 3.85. The number of guanidine groups is 1. The average Bonchev–Trinajstić information content (AvgIpc) is 3.49. The maximum atomic E-state index is 13.7. The van der Waals surface area contributed by atoms with Crippen LogP contribution in [-0.4, -0.2) is 27.3 Å². The zero-order valence-electron chi connectivity index (χ0n) is 17.8. The Hall–Kier alpha value is -2.49. The Bertz CT molecular complexity index is 1030. The predicted molar refractivity (Wildman–Crippen MR) is 131 cm³/mol. The van der Waals surface area contributed by atoms with Gasteiger partial charge in [0.1, 0.15) is 11.6 Å². The molecule has 1 aliphatic carbocycles. The van der Waals surface area contributed by atoms with Crippen LogP contribution in [0, 0.1) is 12.7 Å². The van der Waals surface area contributed by atoms with E-state index in [0.717, 1.165) is 35.6 Å². The lowest BCUT2D eigenvalue weighted by atomic mass is 9.96. The number of hydrogen-bond acceptors (Lipinski definition) is 3. The lowest BCUT2D eigenvalue weighted by Crippen LogP contribution is -2.41. The first kappa shape index (κ1) is 23.2. The Morgan fingerprint density at radius 1 is 1.10 bits per heavy atom. The van der Waals surface area contributed by atoms with Gasteiger partial charge in [-0.1, -0.05) is 42.5 Å². The molecular formula is C23H28FIN6. The fourth-order valence-corrected chi connectivity index (χ4v) is 3.49. The molecule has 4 rings (SSSR count). The number of aromatic nitrogens is 3. The van der Waals surface area contributed by atoms with Crippen molar-refractivity contribution >= 4 is 29.9 Å². The van der Waals surface area contributed by atoms with Gasteiger partial charge in [-0.2, -0.15) is 0 Å². The highest BCUT2D eigenvalue weighted by Gasteiger charge is 2.44. The summed E-state index contributed by atoms with van der Waals surface area (Å²) in [5, 5.41) is 15.1. The van der Waals surface area contributed by atoms with Crippen LogP contribution in [0.25, 0.3) is 0 Å². The number of aryl methyl sites for hydroxylation is 1. The topological polar surface area (TPSA) is 67.1 Å². The summed E-state index contributed by atoms with van der Waals surface area (Å²) < 4.78 is 15.7. The van der Waals surface area contributed by atoms with Crippen LogP contribution in [0.5, 0.6) is 0 Å². The molecule has 1 aliphatic rings. The van der Waals surface area contributed by atoms with E-state index in [1.807, 2.05) is 42.8 Å². The van der Waals surface area contributed by atoms with Gasteiger partial charge in [0, 0.05) is 19.0 Å². The van der Waals surface area contributed by atoms with Crippen molar-refractivity contribution in [2.75, 3.05) is 6.54 Å². The molecule has 6 nitrogen and oxygen atoms in total. The number of nitrogens with one attached hydrogen (secondary N) is 2. The highest BCUT2D eigenvalue weighted by atomic mass is 127. The molecule has 0 saturated heterocycles. The van der Waals surface area contributed by atoms with Crippen molar-refractivity contribution in [3.63, 3.8) is 0 Å². The van der Waals surface area contributed by atoms with Gasteiger partial charge < -0.3 is 15.2 Å². The fourth-order valence-electron chi connectivity index (χ4n) is 3.49. The molecule has 2 aromatic carbocycles. The van der Waals surface area contributed by atoms with Crippen molar-refractivity contribution in [1.29, 1.82) is 0 Å². The maximum Gasteiger partial charge on any atom is 0.192 e. The van der Waals surface area contributed by atoms with Gasteiger partial charge >= 0.3 is 0 Å². The number of hydrogen-bond donors (Lipinski definition) is 2. The van der Waals surface area contributed by atoms with Gasteiger partial charge in [-0.05, 0) is 43.0 Å².